The first kappa shape index (κ1) is 18.4. The third-order valence-corrected chi connectivity index (χ3v) is 4.52. The van der Waals surface area contributed by atoms with Crippen molar-refractivity contribution < 1.29 is 18.0 Å². The summed E-state index contributed by atoms with van der Waals surface area (Å²) in [5, 5.41) is 6.46. The molecule has 0 spiro atoms. The van der Waals surface area contributed by atoms with Crippen molar-refractivity contribution in [2.75, 3.05) is 5.32 Å². The van der Waals surface area contributed by atoms with Crippen molar-refractivity contribution in [3.05, 3.63) is 57.4 Å². The average molecular weight is 427 g/mol. The van der Waals surface area contributed by atoms with E-state index in [9.17, 15) is 18.0 Å². The predicted octanol–water partition coefficient (Wildman–Crippen LogP) is 4.63. The summed E-state index contributed by atoms with van der Waals surface area (Å²) in [5.41, 5.74) is 0.569. The number of benzene rings is 1. The van der Waals surface area contributed by atoms with E-state index in [1.165, 1.54) is 6.92 Å². The molecule has 0 saturated heterocycles. The van der Waals surface area contributed by atoms with E-state index in [0.29, 0.717) is 10.2 Å². The molecule has 3 aromatic rings. The third-order valence-electron chi connectivity index (χ3n) is 3.79. The van der Waals surface area contributed by atoms with Crippen molar-refractivity contribution >= 4 is 33.2 Å². The number of anilines is 1. The van der Waals surface area contributed by atoms with Crippen LogP contribution < -0.4 is 5.32 Å². The quantitative estimate of drug-likeness (QED) is 0.663. The summed E-state index contributed by atoms with van der Waals surface area (Å²) in [6, 6.07) is 8.06. The van der Waals surface area contributed by atoms with Crippen molar-refractivity contribution in [3.8, 4) is 0 Å². The maximum absolute atomic E-state index is 13.3. The van der Waals surface area contributed by atoms with Gasteiger partial charge in [0.25, 0.3) is 5.91 Å². The minimum Gasteiger partial charge on any atom is -0.321 e. The summed E-state index contributed by atoms with van der Waals surface area (Å²) in [7, 11) is 0. The second kappa shape index (κ2) is 6.71. The number of aryl methyl sites for hydroxylation is 2. The second-order valence-electron chi connectivity index (χ2n) is 5.68. The molecule has 9 heteroatoms. The van der Waals surface area contributed by atoms with Crippen LogP contribution in [0.25, 0.3) is 5.65 Å². The molecule has 0 aliphatic heterocycles. The number of halogens is 4. The zero-order chi connectivity index (χ0) is 19.1. The molecule has 0 unspecified atom stereocenters. The molecule has 0 aliphatic carbocycles. The Bertz CT molecular complexity index is 980. The first-order valence-corrected chi connectivity index (χ1v) is 8.53. The number of nitrogens with one attached hydrogen (secondary N) is 1. The zero-order valence-corrected chi connectivity index (χ0v) is 15.4. The number of alkyl halides is 3. The lowest BCUT2D eigenvalue weighted by Gasteiger charge is -2.09. The standard InChI is InChI=1S/C17H14BrF3N4O/c1-3-10-4-6-11(7-5-10)23-16(26)14-13(18)15-22-9(2)8-12(17(19,20)21)25(15)24-14/h4-8H,3H2,1-2H3,(H,23,26). The van der Waals surface area contributed by atoms with Gasteiger partial charge in [0.1, 0.15) is 5.69 Å². The van der Waals surface area contributed by atoms with Crippen molar-refractivity contribution in [2.24, 2.45) is 0 Å². The lowest BCUT2D eigenvalue weighted by Crippen LogP contribution is -2.15. The van der Waals surface area contributed by atoms with Gasteiger partial charge in [-0.15, -0.1) is 0 Å². The van der Waals surface area contributed by atoms with Crippen LogP contribution >= 0.6 is 15.9 Å². The van der Waals surface area contributed by atoms with Gasteiger partial charge < -0.3 is 5.32 Å². The molecule has 0 bridgehead atoms. The summed E-state index contributed by atoms with van der Waals surface area (Å²) in [6.07, 6.45) is -3.77. The van der Waals surface area contributed by atoms with Crippen LogP contribution in [0.1, 0.15) is 34.4 Å². The van der Waals surface area contributed by atoms with Gasteiger partial charge in [-0.05, 0) is 53.0 Å². The molecule has 0 fully saturated rings. The number of aromatic nitrogens is 3. The normalized spacial score (nSPS) is 11.8. The van der Waals surface area contributed by atoms with E-state index in [-0.39, 0.29) is 21.5 Å². The van der Waals surface area contributed by atoms with E-state index in [4.69, 9.17) is 0 Å². The molecule has 0 saturated carbocycles. The molecule has 136 valence electrons. The molecular weight excluding hydrogens is 413 g/mol. The predicted molar refractivity (Wildman–Crippen MR) is 94.2 cm³/mol. The van der Waals surface area contributed by atoms with Crippen molar-refractivity contribution in [3.63, 3.8) is 0 Å². The van der Waals surface area contributed by atoms with Gasteiger partial charge in [-0.2, -0.15) is 18.3 Å². The van der Waals surface area contributed by atoms with Crippen molar-refractivity contribution in [1.29, 1.82) is 0 Å². The average Bonchev–Trinajstić information content (AvgIpc) is 2.91. The highest BCUT2D eigenvalue weighted by atomic mass is 79.9. The van der Waals surface area contributed by atoms with Gasteiger partial charge in [0.2, 0.25) is 0 Å². The minimum atomic E-state index is -4.62. The van der Waals surface area contributed by atoms with Crippen LogP contribution in [0, 0.1) is 6.92 Å². The Kier molecular flexibility index (Phi) is 4.74. The summed E-state index contributed by atoms with van der Waals surface area (Å²) in [5.74, 6) is -0.627. The number of fused-ring (bicyclic) bond motifs is 1. The van der Waals surface area contributed by atoms with E-state index in [1.807, 2.05) is 19.1 Å². The summed E-state index contributed by atoms with van der Waals surface area (Å²) in [4.78, 5) is 16.5. The van der Waals surface area contributed by atoms with Crippen molar-refractivity contribution in [1.82, 2.24) is 14.6 Å². The Morgan fingerprint density at radius 1 is 1.27 bits per heavy atom. The van der Waals surface area contributed by atoms with Crippen molar-refractivity contribution in [2.45, 2.75) is 26.4 Å². The Labute approximate surface area is 155 Å². The monoisotopic (exact) mass is 426 g/mol. The second-order valence-corrected chi connectivity index (χ2v) is 6.48. The molecule has 0 aliphatic rings. The Morgan fingerprint density at radius 2 is 1.92 bits per heavy atom. The number of amides is 1. The highest BCUT2D eigenvalue weighted by Crippen LogP contribution is 2.32. The number of rotatable bonds is 3. The molecule has 5 nitrogen and oxygen atoms in total. The Morgan fingerprint density at radius 3 is 2.50 bits per heavy atom. The molecule has 1 N–H and O–H groups in total. The van der Waals surface area contributed by atoms with E-state index < -0.39 is 17.8 Å². The largest absolute Gasteiger partial charge is 0.433 e. The molecule has 1 aromatic carbocycles. The van der Waals surface area contributed by atoms with Gasteiger partial charge >= 0.3 is 6.18 Å². The van der Waals surface area contributed by atoms with Crippen LogP contribution in [0.4, 0.5) is 18.9 Å². The maximum atomic E-state index is 13.3. The van der Waals surface area contributed by atoms with Crippen LogP contribution in [-0.4, -0.2) is 20.5 Å². The molecule has 26 heavy (non-hydrogen) atoms. The fourth-order valence-corrected chi connectivity index (χ4v) is 2.99. The van der Waals surface area contributed by atoms with Gasteiger partial charge in [0.05, 0.1) is 4.47 Å². The van der Waals surface area contributed by atoms with Gasteiger partial charge in [0.15, 0.2) is 11.3 Å². The van der Waals surface area contributed by atoms with Gasteiger partial charge in [-0.1, -0.05) is 19.1 Å². The van der Waals surface area contributed by atoms with Gasteiger partial charge in [0, 0.05) is 11.4 Å². The van der Waals surface area contributed by atoms with E-state index in [1.54, 1.807) is 12.1 Å². The lowest BCUT2D eigenvalue weighted by molar-refractivity contribution is -0.142. The van der Waals surface area contributed by atoms with Crippen LogP contribution in [0.5, 0.6) is 0 Å². The first-order valence-electron chi connectivity index (χ1n) is 7.74. The van der Waals surface area contributed by atoms with Gasteiger partial charge in [-0.3, -0.25) is 4.79 Å². The third kappa shape index (κ3) is 3.44. The SMILES string of the molecule is CCc1ccc(NC(=O)c2nn3c(C(F)(F)F)cc(C)nc3c2Br)cc1. The minimum absolute atomic E-state index is 0.0659. The number of hydrogen-bond acceptors (Lipinski definition) is 3. The number of carbonyl (C=O) groups excluding carboxylic acids is 1. The molecule has 2 heterocycles. The van der Waals surface area contributed by atoms with Gasteiger partial charge in [-0.25, -0.2) is 9.50 Å². The lowest BCUT2D eigenvalue weighted by atomic mass is 10.1. The maximum Gasteiger partial charge on any atom is 0.433 e. The highest BCUT2D eigenvalue weighted by Gasteiger charge is 2.36. The Hall–Kier alpha value is -2.42. The van der Waals surface area contributed by atoms with Crippen LogP contribution in [-0.2, 0) is 12.6 Å². The molecule has 3 rings (SSSR count). The fourth-order valence-electron chi connectivity index (χ4n) is 2.47. The van der Waals surface area contributed by atoms with Crippen LogP contribution in [0.2, 0.25) is 0 Å². The van der Waals surface area contributed by atoms with E-state index >= 15 is 0 Å². The van der Waals surface area contributed by atoms with E-state index in [0.717, 1.165) is 18.1 Å². The molecule has 1 amide bonds. The fraction of sp³-hybridized carbons (Fsp3) is 0.235. The number of nitrogens with zero attached hydrogens (tertiary/aromatic N) is 3. The Balaban J connectivity index is 2.02. The summed E-state index contributed by atoms with van der Waals surface area (Å²) in [6.45, 7) is 3.46. The molecule has 0 radical (unpaired) electrons. The first-order chi connectivity index (χ1) is 12.2. The smallest absolute Gasteiger partial charge is 0.321 e. The molecular formula is C17H14BrF3N4O. The highest BCUT2D eigenvalue weighted by molar-refractivity contribution is 9.10. The van der Waals surface area contributed by atoms with E-state index in [2.05, 4.69) is 31.3 Å². The summed E-state index contributed by atoms with van der Waals surface area (Å²) < 4.78 is 40.5. The van der Waals surface area contributed by atoms with Crippen LogP contribution in [0.15, 0.2) is 34.8 Å². The molecule has 0 atom stereocenters. The van der Waals surface area contributed by atoms with Crippen LogP contribution in [0.3, 0.4) is 0 Å². The number of hydrogen-bond donors (Lipinski definition) is 1. The topological polar surface area (TPSA) is 59.3 Å². The summed E-state index contributed by atoms with van der Waals surface area (Å²) >= 11 is 3.15. The molecule has 2 aromatic heterocycles. The zero-order valence-electron chi connectivity index (χ0n) is 13.9. The number of carbonyl (C=O) groups is 1.